The van der Waals surface area contributed by atoms with Gasteiger partial charge in [-0.25, -0.2) is 0 Å². The van der Waals surface area contributed by atoms with Gasteiger partial charge in [-0.1, -0.05) is 0 Å². The molecule has 0 atom stereocenters. The molecule has 0 saturated carbocycles. The van der Waals surface area contributed by atoms with E-state index >= 15 is 0 Å². The van der Waals surface area contributed by atoms with Crippen LogP contribution >= 0.6 is 12.6 Å². The summed E-state index contributed by atoms with van der Waals surface area (Å²) in [5.74, 6) is 0.841. The fourth-order valence-corrected chi connectivity index (χ4v) is 0.591. The number of rotatable bonds is 3. The Morgan fingerprint density at radius 3 is 2.43 bits per heavy atom. The first-order valence-electron chi connectivity index (χ1n) is 2.58. The average Bonchev–Trinajstić information content (AvgIpc) is 1.68. The van der Waals surface area contributed by atoms with Crippen LogP contribution in [0.1, 0.15) is 19.8 Å². The second-order valence-electron chi connectivity index (χ2n) is 1.66. The zero-order valence-electron chi connectivity index (χ0n) is 4.78. The molecule has 0 radical (unpaired) electrons. The summed E-state index contributed by atoms with van der Waals surface area (Å²) in [6.45, 7) is 2.15. The maximum atomic E-state index is 4.05. The van der Waals surface area contributed by atoms with Crippen molar-refractivity contribution in [3.63, 3.8) is 0 Å². The molecule has 0 aromatic carbocycles. The van der Waals surface area contributed by atoms with Crippen LogP contribution in [0.2, 0.25) is 0 Å². The maximum absolute atomic E-state index is 4.05. The minimum absolute atomic E-state index is 0.841. The van der Waals surface area contributed by atoms with E-state index in [0.717, 1.165) is 12.2 Å². The molecule has 0 bridgehead atoms. The van der Waals surface area contributed by atoms with Crippen LogP contribution in [0.3, 0.4) is 0 Å². The molecule has 7 heavy (non-hydrogen) atoms. The van der Waals surface area contributed by atoms with Crippen LogP contribution in [0.5, 0.6) is 0 Å². The van der Waals surface area contributed by atoms with Crippen LogP contribution < -0.4 is 0 Å². The molecular weight excluding hydrogens is 103 g/mol. The van der Waals surface area contributed by atoms with Gasteiger partial charge in [0.2, 0.25) is 0 Å². The Labute approximate surface area is 51.8 Å². The van der Waals surface area contributed by atoms with Crippen LogP contribution in [0.15, 0.2) is 0 Å². The van der Waals surface area contributed by atoms with Gasteiger partial charge in [-0.05, 0) is 0 Å². The second kappa shape index (κ2) is 4.44. The van der Waals surface area contributed by atoms with Gasteiger partial charge < -0.3 is 0 Å². The van der Waals surface area contributed by atoms with Crippen LogP contribution in [-0.4, -0.2) is 18.7 Å². The van der Waals surface area contributed by atoms with Gasteiger partial charge in [-0.2, -0.15) is 0 Å². The van der Waals surface area contributed by atoms with E-state index in [1.807, 2.05) is 0 Å². The Kier molecular flexibility index (Phi) is 4.62. The molecule has 0 aliphatic heterocycles. The van der Waals surface area contributed by atoms with E-state index in [1.54, 1.807) is 0 Å². The van der Waals surface area contributed by atoms with E-state index in [0.29, 0.717) is 0 Å². The summed E-state index contributed by atoms with van der Waals surface area (Å²) in [7, 11) is 3.79. The quantitative estimate of drug-likeness (QED) is 0.407. The molecule has 0 nitrogen and oxygen atoms in total. The summed E-state index contributed by atoms with van der Waals surface area (Å²) >= 11 is 4.05. The predicted molar refractivity (Wildman–Crippen MR) is 40.9 cm³/mol. The molecule has 0 fully saturated rings. The van der Waals surface area contributed by atoms with Gasteiger partial charge in [0.15, 0.2) is 0 Å². The van der Waals surface area contributed by atoms with Gasteiger partial charge in [0.25, 0.3) is 0 Å². The van der Waals surface area contributed by atoms with Crippen molar-refractivity contribution in [1.29, 1.82) is 0 Å². The van der Waals surface area contributed by atoms with Gasteiger partial charge in [0, 0.05) is 0 Å². The first-order chi connectivity index (χ1) is 3.31. The van der Waals surface area contributed by atoms with Crippen LogP contribution in [0.4, 0.5) is 0 Å². The molecule has 0 aromatic rings. The summed E-state index contributed by atoms with van der Waals surface area (Å²) in [4.78, 5) is 0. The molecule has 40 valence electrons. The van der Waals surface area contributed by atoms with E-state index < -0.39 is 0 Å². The van der Waals surface area contributed by atoms with E-state index in [1.165, 1.54) is 11.9 Å². The zero-order chi connectivity index (χ0) is 5.70. The SMILES string of the molecule is B=C(CS)CCC. The van der Waals surface area contributed by atoms with Crippen molar-refractivity contribution in [1.82, 2.24) is 0 Å². The van der Waals surface area contributed by atoms with Crippen LogP contribution in [-0.2, 0) is 0 Å². The summed E-state index contributed by atoms with van der Waals surface area (Å²) in [5.41, 5.74) is 1.24. The van der Waals surface area contributed by atoms with Crippen molar-refractivity contribution >= 4 is 25.6 Å². The Morgan fingerprint density at radius 1 is 1.71 bits per heavy atom. The third-order valence-electron chi connectivity index (χ3n) is 0.827. The van der Waals surface area contributed by atoms with E-state index in [-0.39, 0.29) is 0 Å². The van der Waals surface area contributed by atoms with Gasteiger partial charge in [0.05, 0.1) is 0 Å². The van der Waals surface area contributed by atoms with E-state index in [4.69, 9.17) is 0 Å². The Balaban J connectivity index is 3.00. The number of hydrogen-bond acceptors (Lipinski definition) is 1. The third-order valence-corrected chi connectivity index (χ3v) is 1.27. The summed E-state index contributed by atoms with van der Waals surface area (Å²) < 4.78 is 0. The molecule has 0 aromatic heterocycles. The molecule has 0 aliphatic carbocycles. The fourth-order valence-electron chi connectivity index (χ4n) is 0.433. The summed E-state index contributed by atoms with van der Waals surface area (Å²) in [5, 5.41) is 0. The van der Waals surface area contributed by atoms with Crippen molar-refractivity contribution < 1.29 is 0 Å². The first kappa shape index (κ1) is 7.28. The van der Waals surface area contributed by atoms with Crippen molar-refractivity contribution in [2.75, 3.05) is 5.75 Å². The topological polar surface area (TPSA) is 0 Å². The fraction of sp³-hybridized carbons (Fsp3) is 0.800. The van der Waals surface area contributed by atoms with Crippen LogP contribution in [0.25, 0.3) is 0 Å². The predicted octanol–water partition coefficient (Wildman–Crippen LogP) is 0.789. The molecule has 0 amide bonds. The number of hydrogen-bond donors (Lipinski definition) is 1. The van der Waals surface area contributed by atoms with Crippen molar-refractivity contribution in [2.24, 2.45) is 0 Å². The van der Waals surface area contributed by atoms with Gasteiger partial charge in [-0.15, -0.1) is 0 Å². The minimum atomic E-state index is 0.841. The summed E-state index contributed by atoms with van der Waals surface area (Å²) in [6, 6.07) is 0. The average molecular weight is 114 g/mol. The van der Waals surface area contributed by atoms with Gasteiger partial charge in [-0.3, -0.25) is 0 Å². The van der Waals surface area contributed by atoms with Crippen molar-refractivity contribution in [3.8, 4) is 0 Å². The van der Waals surface area contributed by atoms with Crippen LogP contribution in [0, 0.1) is 0 Å². The van der Waals surface area contributed by atoms with Crippen molar-refractivity contribution in [3.05, 3.63) is 0 Å². The molecule has 0 unspecified atom stereocenters. The standard InChI is InChI=1S/C5H11BS/c1-2-3-5(6)4-7/h6-7H,2-4H2,1H3. The number of thiol groups is 1. The molecular formula is C5H11BS. The summed E-state index contributed by atoms with van der Waals surface area (Å²) in [6.07, 6.45) is 2.32. The Hall–Kier alpha value is 0.285. The van der Waals surface area contributed by atoms with Gasteiger partial charge >= 0.3 is 51.1 Å². The second-order valence-corrected chi connectivity index (χ2v) is 1.97. The monoisotopic (exact) mass is 114 g/mol. The molecule has 0 rings (SSSR count). The Morgan fingerprint density at radius 2 is 2.29 bits per heavy atom. The molecule has 0 spiro atoms. The molecule has 0 heterocycles. The Bertz CT molecular complexity index is 61.1. The zero-order valence-corrected chi connectivity index (χ0v) is 5.67. The molecule has 0 saturated heterocycles. The van der Waals surface area contributed by atoms with Gasteiger partial charge in [0.1, 0.15) is 0 Å². The van der Waals surface area contributed by atoms with E-state index in [9.17, 15) is 0 Å². The normalized spacial score (nSPS) is 8.71. The third kappa shape index (κ3) is 4.13. The van der Waals surface area contributed by atoms with E-state index in [2.05, 4.69) is 27.0 Å². The first-order valence-corrected chi connectivity index (χ1v) is 3.22. The molecule has 0 aliphatic rings. The molecule has 2 heteroatoms. The molecule has 0 N–H and O–H groups in total. The van der Waals surface area contributed by atoms with Crippen molar-refractivity contribution in [2.45, 2.75) is 19.8 Å².